The Balaban J connectivity index is 1.79. The largest absolute Gasteiger partial charge is 0.337 e. The van der Waals surface area contributed by atoms with E-state index < -0.39 is 0 Å². The second-order valence-electron chi connectivity index (χ2n) is 6.70. The van der Waals surface area contributed by atoms with Gasteiger partial charge in [-0.25, -0.2) is 9.37 Å². The van der Waals surface area contributed by atoms with Gasteiger partial charge >= 0.3 is 0 Å². The van der Waals surface area contributed by atoms with Crippen LogP contribution in [0.3, 0.4) is 0 Å². The van der Waals surface area contributed by atoms with Crippen molar-refractivity contribution in [2.45, 2.75) is 45.1 Å². The predicted molar refractivity (Wildman–Crippen MR) is 90.3 cm³/mol. The highest BCUT2D eigenvalue weighted by atomic mass is 19.1. The van der Waals surface area contributed by atoms with Crippen molar-refractivity contribution < 1.29 is 9.18 Å². The Bertz CT molecular complexity index is 745. The molecule has 0 unspecified atom stereocenters. The lowest BCUT2D eigenvalue weighted by atomic mass is 10.1. The molecule has 1 amide bonds. The number of amides is 1. The number of carbonyl (C=O) groups excluding carboxylic acids is 1. The minimum atomic E-state index is -0.255. The molecule has 1 saturated heterocycles. The molecule has 0 atom stereocenters. The van der Waals surface area contributed by atoms with Gasteiger partial charge in [0.2, 0.25) is 0 Å². The van der Waals surface area contributed by atoms with Crippen LogP contribution in [-0.4, -0.2) is 33.4 Å². The lowest BCUT2D eigenvalue weighted by Gasteiger charge is -2.14. The zero-order chi connectivity index (χ0) is 16.5. The van der Waals surface area contributed by atoms with Crippen molar-refractivity contribution in [1.82, 2.24) is 14.5 Å². The SMILES string of the molecule is O=C(c1nc(-c2ccc(F)cc2)n2c1CCCCC2)N1CCCC1. The Labute approximate surface area is 141 Å². The van der Waals surface area contributed by atoms with Crippen molar-refractivity contribution >= 4 is 5.91 Å². The summed E-state index contributed by atoms with van der Waals surface area (Å²) in [4.78, 5) is 19.6. The molecule has 0 bridgehead atoms. The maximum atomic E-state index is 13.3. The number of hydrogen-bond acceptors (Lipinski definition) is 2. The lowest BCUT2D eigenvalue weighted by molar-refractivity contribution is 0.0786. The average Bonchev–Trinajstić information content (AvgIpc) is 3.18. The fourth-order valence-electron chi connectivity index (χ4n) is 3.78. The van der Waals surface area contributed by atoms with Crippen LogP contribution in [0.25, 0.3) is 11.4 Å². The number of likely N-dealkylation sites (tertiary alicyclic amines) is 1. The minimum absolute atomic E-state index is 0.0616. The van der Waals surface area contributed by atoms with E-state index in [0.29, 0.717) is 5.69 Å². The molecule has 0 aliphatic carbocycles. The summed E-state index contributed by atoms with van der Waals surface area (Å²) in [5.41, 5.74) is 2.54. The number of imidazole rings is 1. The summed E-state index contributed by atoms with van der Waals surface area (Å²) in [6, 6.07) is 6.41. The topological polar surface area (TPSA) is 38.1 Å². The Morgan fingerprint density at radius 2 is 1.67 bits per heavy atom. The molecule has 2 aliphatic heterocycles. The highest BCUT2D eigenvalue weighted by Crippen LogP contribution is 2.28. The first-order valence-corrected chi connectivity index (χ1v) is 8.88. The van der Waals surface area contributed by atoms with Crippen LogP contribution in [0.15, 0.2) is 24.3 Å². The molecule has 5 heteroatoms. The van der Waals surface area contributed by atoms with E-state index in [2.05, 4.69) is 4.57 Å². The van der Waals surface area contributed by atoms with Crippen molar-refractivity contribution in [2.24, 2.45) is 0 Å². The van der Waals surface area contributed by atoms with Gasteiger partial charge in [0, 0.05) is 25.2 Å². The monoisotopic (exact) mass is 327 g/mol. The van der Waals surface area contributed by atoms with Gasteiger partial charge in [0.15, 0.2) is 0 Å². The van der Waals surface area contributed by atoms with Crippen LogP contribution in [0.1, 0.15) is 48.3 Å². The third-order valence-electron chi connectivity index (χ3n) is 5.07. The van der Waals surface area contributed by atoms with Gasteiger partial charge in [-0.2, -0.15) is 0 Å². The smallest absolute Gasteiger partial charge is 0.274 e. The van der Waals surface area contributed by atoms with Crippen LogP contribution >= 0.6 is 0 Å². The molecule has 0 radical (unpaired) electrons. The van der Waals surface area contributed by atoms with Crippen LogP contribution in [0.5, 0.6) is 0 Å². The second-order valence-corrected chi connectivity index (χ2v) is 6.70. The Morgan fingerprint density at radius 1 is 0.958 bits per heavy atom. The third-order valence-corrected chi connectivity index (χ3v) is 5.07. The number of halogens is 1. The molecule has 4 nitrogen and oxygen atoms in total. The molecule has 1 aromatic carbocycles. The zero-order valence-electron chi connectivity index (χ0n) is 13.8. The predicted octanol–water partition coefficient (Wildman–Crippen LogP) is 3.65. The number of hydrogen-bond donors (Lipinski definition) is 0. The standard InChI is InChI=1S/C19H22FN3O/c20-15-9-7-14(8-10-15)18-21-17(19(24)22-11-4-5-12-22)16-6-2-1-3-13-23(16)18/h7-10H,1-6,11-13H2. The highest BCUT2D eigenvalue weighted by Gasteiger charge is 2.28. The summed E-state index contributed by atoms with van der Waals surface area (Å²) in [6.45, 7) is 2.54. The lowest BCUT2D eigenvalue weighted by Crippen LogP contribution is -2.29. The van der Waals surface area contributed by atoms with Gasteiger partial charge in [0.1, 0.15) is 17.3 Å². The number of aromatic nitrogens is 2. The third kappa shape index (κ3) is 2.72. The first-order valence-electron chi connectivity index (χ1n) is 8.88. The molecular weight excluding hydrogens is 305 g/mol. The van der Waals surface area contributed by atoms with Crippen molar-refractivity contribution in [1.29, 1.82) is 0 Å². The summed E-state index contributed by atoms with van der Waals surface area (Å²) in [6.07, 6.45) is 6.40. The van der Waals surface area contributed by atoms with Crippen LogP contribution in [0, 0.1) is 5.82 Å². The van der Waals surface area contributed by atoms with Gasteiger partial charge in [0.25, 0.3) is 5.91 Å². The van der Waals surface area contributed by atoms with Crippen molar-refractivity contribution in [2.75, 3.05) is 13.1 Å². The number of carbonyl (C=O) groups is 1. The van der Waals surface area contributed by atoms with Gasteiger partial charge in [-0.3, -0.25) is 4.79 Å². The van der Waals surface area contributed by atoms with E-state index in [0.717, 1.165) is 68.8 Å². The quantitative estimate of drug-likeness (QED) is 0.844. The van der Waals surface area contributed by atoms with Gasteiger partial charge in [0.05, 0.1) is 5.69 Å². The van der Waals surface area contributed by atoms with E-state index in [4.69, 9.17) is 4.98 Å². The summed E-state index contributed by atoms with van der Waals surface area (Å²) >= 11 is 0. The summed E-state index contributed by atoms with van der Waals surface area (Å²) < 4.78 is 15.4. The van der Waals surface area contributed by atoms with E-state index >= 15 is 0 Å². The molecule has 126 valence electrons. The van der Waals surface area contributed by atoms with Gasteiger partial charge in [-0.1, -0.05) is 6.42 Å². The van der Waals surface area contributed by atoms with E-state index in [1.165, 1.54) is 18.6 Å². The fraction of sp³-hybridized carbons (Fsp3) is 0.474. The van der Waals surface area contributed by atoms with Crippen molar-refractivity contribution in [3.63, 3.8) is 0 Å². The van der Waals surface area contributed by atoms with Crippen molar-refractivity contribution in [3.05, 3.63) is 41.5 Å². The van der Waals surface area contributed by atoms with Crippen LogP contribution in [-0.2, 0) is 13.0 Å². The molecule has 3 heterocycles. The molecule has 2 aromatic rings. The summed E-state index contributed by atoms with van der Waals surface area (Å²) in [7, 11) is 0. The molecule has 1 fully saturated rings. The molecule has 0 saturated carbocycles. The molecular formula is C19H22FN3O. The fourth-order valence-corrected chi connectivity index (χ4v) is 3.78. The first kappa shape index (κ1) is 15.4. The minimum Gasteiger partial charge on any atom is -0.337 e. The summed E-state index contributed by atoms with van der Waals surface area (Å²) in [5, 5.41) is 0. The van der Waals surface area contributed by atoms with E-state index in [-0.39, 0.29) is 11.7 Å². The van der Waals surface area contributed by atoms with Crippen LogP contribution in [0.4, 0.5) is 4.39 Å². The highest BCUT2D eigenvalue weighted by molar-refractivity contribution is 5.94. The second kappa shape index (κ2) is 6.38. The number of fused-ring (bicyclic) bond motifs is 1. The molecule has 4 rings (SSSR count). The number of benzene rings is 1. The van der Waals surface area contributed by atoms with Crippen molar-refractivity contribution in [3.8, 4) is 11.4 Å². The molecule has 1 aromatic heterocycles. The molecule has 0 N–H and O–H groups in total. The van der Waals surface area contributed by atoms with Crippen LogP contribution in [0.2, 0.25) is 0 Å². The van der Waals surface area contributed by atoms with E-state index in [9.17, 15) is 9.18 Å². The molecule has 0 spiro atoms. The Hall–Kier alpha value is -2.17. The maximum absolute atomic E-state index is 13.3. The van der Waals surface area contributed by atoms with E-state index in [1.54, 1.807) is 12.1 Å². The number of rotatable bonds is 2. The Morgan fingerprint density at radius 3 is 2.42 bits per heavy atom. The first-order chi connectivity index (χ1) is 11.7. The average molecular weight is 327 g/mol. The Kier molecular flexibility index (Phi) is 4.08. The molecule has 2 aliphatic rings. The normalized spacial score (nSPS) is 17.6. The van der Waals surface area contributed by atoms with Gasteiger partial charge in [-0.15, -0.1) is 0 Å². The van der Waals surface area contributed by atoms with Gasteiger partial charge < -0.3 is 9.47 Å². The maximum Gasteiger partial charge on any atom is 0.274 e. The van der Waals surface area contributed by atoms with E-state index in [1.807, 2.05) is 4.90 Å². The molecule has 24 heavy (non-hydrogen) atoms. The van der Waals surface area contributed by atoms with Gasteiger partial charge in [-0.05, 0) is 56.4 Å². The van der Waals surface area contributed by atoms with Crippen LogP contribution < -0.4 is 0 Å². The summed E-state index contributed by atoms with van der Waals surface area (Å²) in [5.74, 6) is 0.607. The zero-order valence-corrected chi connectivity index (χ0v) is 13.8. The number of nitrogens with zero attached hydrogens (tertiary/aromatic N) is 3.